The van der Waals surface area contributed by atoms with E-state index in [4.69, 9.17) is 9.72 Å². The van der Waals surface area contributed by atoms with Gasteiger partial charge in [-0.3, -0.25) is 19.2 Å². The van der Waals surface area contributed by atoms with Crippen LogP contribution in [0.2, 0.25) is 0 Å². The minimum absolute atomic E-state index is 0.0100. The first-order chi connectivity index (χ1) is 26.1. The third kappa shape index (κ3) is 8.39. The molecule has 0 spiro atoms. The first-order valence-electron chi connectivity index (χ1n) is 18.1. The number of rotatable bonds is 13. The van der Waals surface area contributed by atoms with Crippen LogP contribution in [0.1, 0.15) is 42.9 Å². The van der Waals surface area contributed by atoms with E-state index in [1.807, 2.05) is 34.9 Å². The van der Waals surface area contributed by atoms with E-state index >= 15 is 8.78 Å². The summed E-state index contributed by atoms with van der Waals surface area (Å²) in [5.74, 6) is -2.30. The molecule has 13 nitrogen and oxygen atoms in total. The van der Waals surface area contributed by atoms with Gasteiger partial charge < -0.3 is 24.8 Å². The van der Waals surface area contributed by atoms with Crippen LogP contribution in [0.5, 0.6) is 0 Å². The molecule has 16 heteroatoms. The van der Waals surface area contributed by atoms with Crippen molar-refractivity contribution in [3.8, 4) is 11.3 Å². The third-order valence-electron chi connectivity index (χ3n) is 10.1. The molecule has 2 aromatic carbocycles. The van der Waals surface area contributed by atoms with E-state index in [9.17, 15) is 18.8 Å². The topological polar surface area (TPSA) is 140 Å². The van der Waals surface area contributed by atoms with Crippen LogP contribution in [-0.2, 0) is 34.0 Å². The van der Waals surface area contributed by atoms with E-state index in [2.05, 4.69) is 20.9 Å². The molecule has 3 aliphatic rings. The van der Waals surface area contributed by atoms with E-state index in [0.29, 0.717) is 50.7 Å². The van der Waals surface area contributed by atoms with Gasteiger partial charge in [-0.2, -0.15) is 0 Å². The Morgan fingerprint density at radius 3 is 2.52 bits per heavy atom. The van der Waals surface area contributed by atoms with Crippen LogP contribution in [0, 0.1) is 23.5 Å². The van der Waals surface area contributed by atoms with E-state index in [0.717, 1.165) is 28.7 Å². The molecule has 5 heterocycles. The largest absolute Gasteiger partial charge is 0.381 e. The zero-order chi connectivity index (χ0) is 37.8. The summed E-state index contributed by atoms with van der Waals surface area (Å²) in [6.45, 7) is 3.82. The maximum atomic E-state index is 15.3. The highest BCUT2D eigenvalue weighted by atomic mass is 19.1. The maximum absolute atomic E-state index is 15.3. The highest BCUT2D eigenvalue weighted by Gasteiger charge is 2.40. The molecule has 3 aliphatic heterocycles. The van der Waals surface area contributed by atoms with Crippen LogP contribution in [0.15, 0.2) is 73.1 Å². The predicted octanol–water partition coefficient (Wildman–Crippen LogP) is 4.02. The molecular formula is C38H42F3N9O4. The summed E-state index contributed by atoms with van der Waals surface area (Å²) in [6.07, 6.45) is 5.68. The molecule has 284 valence electrons. The van der Waals surface area contributed by atoms with E-state index in [1.54, 1.807) is 24.2 Å². The molecule has 2 aromatic heterocycles. The fourth-order valence-electron chi connectivity index (χ4n) is 7.36. The lowest BCUT2D eigenvalue weighted by Crippen LogP contribution is -2.51. The minimum atomic E-state index is -1.19. The molecule has 2 fully saturated rings. The van der Waals surface area contributed by atoms with Gasteiger partial charge in [-0.25, -0.2) is 22.9 Å². The van der Waals surface area contributed by atoms with Gasteiger partial charge in [-0.1, -0.05) is 35.5 Å². The number of amides is 4. The van der Waals surface area contributed by atoms with Crippen molar-refractivity contribution in [3.05, 3.63) is 102 Å². The van der Waals surface area contributed by atoms with Crippen LogP contribution >= 0.6 is 0 Å². The lowest BCUT2D eigenvalue weighted by atomic mass is 9.89. The summed E-state index contributed by atoms with van der Waals surface area (Å²) in [7, 11) is 0. The summed E-state index contributed by atoms with van der Waals surface area (Å²) in [4.78, 5) is 46.3. The van der Waals surface area contributed by atoms with Crippen molar-refractivity contribution in [3.63, 3.8) is 0 Å². The highest BCUT2D eigenvalue weighted by Crippen LogP contribution is 2.38. The number of hydrogen-bond donors (Lipinski definition) is 2. The summed E-state index contributed by atoms with van der Waals surface area (Å²) in [6, 6.07) is 11.2. The smallest absolute Gasteiger partial charge is 0.318 e. The Kier molecular flexibility index (Phi) is 11.2. The minimum Gasteiger partial charge on any atom is -0.381 e. The number of halogens is 3. The first-order valence-corrected chi connectivity index (χ1v) is 18.1. The van der Waals surface area contributed by atoms with Crippen LogP contribution in [0.4, 0.5) is 18.0 Å². The Morgan fingerprint density at radius 2 is 1.80 bits per heavy atom. The highest BCUT2D eigenvalue weighted by molar-refractivity contribution is 6.12. The molecule has 7 rings (SSSR count). The van der Waals surface area contributed by atoms with Gasteiger partial charge >= 0.3 is 6.03 Å². The Labute approximate surface area is 310 Å². The zero-order valence-corrected chi connectivity index (χ0v) is 29.8. The molecule has 1 unspecified atom stereocenters. The Balaban J connectivity index is 1.22. The number of imidazole rings is 1. The summed E-state index contributed by atoms with van der Waals surface area (Å²) < 4.78 is 54.2. The molecule has 0 radical (unpaired) electrons. The number of benzene rings is 2. The summed E-state index contributed by atoms with van der Waals surface area (Å²) >= 11 is 0. The van der Waals surface area contributed by atoms with Gasteiger partial charge in [0.25, 0.3) is 11.8 Å². The second-order valence-corrected chi connectivity index (χ2v) is 14.1. The number of carbonyl (C=O) groups excluding carboxylic acids is 3. The standard InChI is InChI=1S/C38H42F3N9O4/c1-24(18-48-21-29(45-46-48)22-49-34(51)9-10-35(49)52)43-38(53)50(20-27-16-42-17-32(27)41)36(26-11-13-54-14-12-26)37-44-33(30-15-28(39)7-8-31(30)40)23-47(37)19-25-5-3-2-4-6-25/h2-10,15,21,23-24,26-27,32,36,42H,11-14,16-20,22H2,1H3,(H,43,53)/t24-,27-,32-,36?/m0/s1. The molecule has 4 atom stereocenters. The summed E-state index contributed by atoms with van der Waals surface area (Å²) in [5.41, 5.74) is 1.54. The summed E-state index contributed by atoms with van der Waals surface area (Å²) in [5, 5.41) is 14.4. The number of hydrogen-bond acceptors (Lipinski definition) is 8. The van der Waals surface area contributed by atoms with Gasteiger partial charge in [-0.05, 0) is 49.4 Å². The normalized spacial score (nSPS) is 20.1. The molecule has 54 heavy (non-hydrogen) atoms. The lowest BCUT2D eigenvalue weighted by molar-refractivity contribution is -0.137. The van der Waals surface area contributed by atoms with Crippen LogP contribution in [0.3, 0.4) is 0 Å². The maximum Gasteiger partial charge on any atom is 0.318 e. The van der Waals surface area contributed by atoms with E-state index in [1.165, 1.54) is 16.8 Å². The Bertz CT molecular complexity index is 1980. The second-order valence-electron chi connectivity index (χ2n) is 14.1. The average Bonchev–Trinajstić information content (AvgIpc) is 3.96. The van der Waals surface area contributed by atoms with Crippen LogP contribution in [0.25, 0.3) is 11.3 Å². The van der Waals surface area contributed by atoms with Gasteiger partial charge in [0.2, 0.25) is 0 Å². The average molecular weight is 746 g/mol. The number of nitrogens with zero attached hydrogens (tertiary/aromatic N) is 7. The van der Waals surface area contributed by atoms with Gasteiger partial charge in [0.15, 0.2) is 0 Å². The monoisotopic (exact) mass is 745 g/mol. The number of alkyl halides is 1. The number of aromatic nitrogens is 5. The van der Waals surface area contributed by atoms with Gasteiger partial charge in [0.05, 0.1) is 31.0 Å². The first kappa shape index (κ1) is 37.0. The second kappa shape index (κ2) is 16.3. The van der Waals surface area contributed by atoms with Crippen molar-refractivity contribution in [1.29, 1.82) is 0 Å². The van der Waals surface area contributed by atoms with Gasteiger partial charge in [0, 0.05) is 75.3 Å². The molecule has 0 aliphatic carbocycles. The fraction of sp³-hybridized carbons (Fsp3) is 0.421. The number of nitrogens with one attached hydrogen (secondary N) is 2. The third-order valence-corrected chi connectivity index (χ3v) is 10.1. The number of imide groups is 1. The molecule has 4 amide bonds. The predicted molar refractivity (Wildman–Crippen MR) is 190 cm³/mol. The molecule has 2 saturated heterocycles. The van der Waals surface area contributed by atoms with Gasteiger partial charge in [0.1, 0.15) is 29.3 Å². The van der Waals surface area contributed by atoms with Crippen LogP contribution in [-0.4, -0.2) is 97.3 Å². The zero-order valence-electron chi connectivity index (χ0n) is 29.8. The molecule has 0 bridgehead atoms. The van der Waals surface area contributed by atoms with E-state index < -0.39 is 53.7 Å². The van der Waals surface area contributed by atoms with Crippen molar-refractivity contribution in [2.75, 3.05) is 32.8 Å². The van der Waals surface area contributed by atoms with Crippen molar-refractivity contribution < 1.29 is 32.3 Å². The Morgan fingerprint density at radius 1 is 1.04 bits per heavy atom. The van der Waals surface area contributed by atoms with Crippen LogP contribution < -0.4 is 10.6 Å². The lowest BCUT2D eigenvalue weighted by Gasteiger charge is -2.40. The van der Waals surface area contributed by atoms with Crippen molar-refractivity contribution >= 4 is 17.8 Å². The molecule has 4 aromatic rings. The molecule has 2 N–H and O–H groups in total. The van der Waals surface area contributed by atoms with Gasteiger partial charge in [-0.15, -0.1) is 5.10 Å². The Hall–Kier alpha value is -5.35. The fourth-order valence-corrected chi connectivity index (χ4v) is 7.36. The quantitative estimate of drug-likeness (QED) is 0.196. The number of carbonyl (C=O) groups is 3. The van der Waals surface area contributed by atoms with Crippen molar-refractivity contribution in [2.24, 2.45) is 11.8 Å². The number of ether oxygens (including phenoxy) is 1. The molecule has 0 saturated carbocycles. The molecular weight excluding hydrogens is 703 g/mol. The van der Waals surface area contributed by atoms with E-state index in [-0.39, 0.29) is 43.4 Å². The number of urea groups is 1. The van der Waals surface area contributed by atoms with Crippen molar-refractivity contribution in [1.82, 2.24) is 45.0 Å². The van der Waals surface area contributed by atoms with Crippen molar-refractivity contribution in [2.45, 2.75) is 57.7 Å². The SMILES string of the molecule is C[C@@H](Cn1cc(CN2C(=O)C=CC2=O)nn1)NC(=O)N(C[C@@H]1CNC[C@@H]1F)C(c1nc(-c2cc(F)ccc2F)cn1Cc1ccccc1)C1CCOCC1.